The second kappa shape index (κ2) is 33.0. The molecule has 0 aliphatic heterocycles. The molecule has 0 aliphatic carbocycles. The number of benzene rings is 1. The van der Waals surface area contributed by atoms with E-state index in [0.29, 0.717) is 25.8 Å². The lowest BCUT2D eigenvalue weighted by atomic mass is 10.1. The monoisotopic (exact) mass is 712 g/mol. The zero-order chi connectivity index (χ0) is 38.2. The zero-order valence-corrected chi connectivity index (χ0v) is 27.6. The van der Waals surface area contributed by atoms with Crippen LogP contribution < -0.4 is 34.4 Å². The molecule has 5 atom stereocenters. The molecule has 1 rings (SSSR count). The highest BCUT2D eigenvalue weighted by molar-refractivity contribution is 7.98. The van der Waals surface area contributed by atoms with Gasteiger partial charge in [0.2, 0.25) is 0 Å². The minimum Gasteiger partial charge on any atom is -0.481 e. The maximum atomic E-state index is 10.4. The minimum absolute atomic E-state index is 0.0231. The van der Waals surface area contributed by atoms with Crippen molar-refractivity contribution in [2.24, 2.45) is 34.4 Å². The predicted octanol–water partition coefficient (Wildman–Crippen LogP) is -2.03. The van der Waals surface area contributed by atoms with Crippen LogP contribution in [0.2, 0.25) is 0 Å². The number of carboxylic acid groups (broad SMARTS) is 6. The highest BCUT2D eigenvalue weighted by Crippen LogP contribution is 2.01. The molecular formula is C28H52N6O13S. The Morgan fingerprint density at radius 3 is 1.38 bits per heavy atom. The van der Waals surface area contributed by atoms with E-state index in [1.54, 1.807) is 11.8 Å². The van der Waals surface area contributed by atoms with Crippen molar-refractivity contribution in [1.82, 2.24) is 0 Å². The number of aliphatic hydroxyl groups is 1. The molecule has 1 aromatic carbocycles. The summed E-state index contributed by atoms with van der Waals surface area (Å²) >= 11 is 1.60. The van der Waals surface area contributed by atoms with Gasteiger partial charge in [0.15, 0.2) is 0 Å². The Hall–Kier alpha value is -3.89. The van der Waals surface area contributed by atoms with Crippen molar-refractivity contribution in [2.45, 2.75) is 75.2 Å². The number of hydrogen-bond acceptors (Lipinski definition) is 14. The lowest BCUT2D eigenvalue weighted by Gasteiger charge is -2.04. The molecule has 0 heterocycles. The third-order valence-electron chi connectivity index (χ3n) is 5.35. The van der Waals surface area contributed by atoms with Crippen LogP contribution >= 0.6 is 11.8 Å². The van der Waals surface area contributed by atoms with E-state index in [9.17, 15) is 28.8 Å². The van der Waals surface area contributed by atoms with Crippen molar-refractivity contribution in [2.75, 3.05) is 25.2 Å². The van der Waals surface area contributed by atoms with Crippen molar-refractivity contribution in [3.63, 3.8) is 0 Å². The summed E-state index contributed by atoms with van der Waals surface area (Å²) in [6.45, 7) is 0.0989. The fourth-order valence-electron chi connectivity index (χ4n) is 2.44. The molecule has 0 saturated carbocycles. The molecule has 278 valence electrons. The summed E-state index contributed by atoms with van der Waals surface area (Å²) in [5.74, 6) is -5.37. The van der Waals surface area contributed by atoms with Gasteiger partial charge in [-0.1, -0.05) is 36.8 Å². The molecule has 0 spiro atoms. The molecule has 19 N–H and O–H groups in total. The third-order valence-corrected chi connectivity index (χ3v) is 6.00. The van der Waals surface area contributed by atoms with Crippen LogP contribution in [0.25, 0.3) is 0 Å². The largest absolute Gasteiger partial charge is 0.481 e. The molecule has 48 heavy (non-hydrogen) atoms. The van der Waals surface area contributed by atoms with Crippen molar-refractivity contribution in [1.29, 1.82) is 0 Å². The van der Waals surface area contributed by atoms with Gasteiger partial charge in [0.1, 0.15) is 30.2 Å². The van der Waals surface area contributed by atoms with E-state index >= 15 is 0 Å². The van der Waals surface area contributed by atoms with Gasteiger partial charge in [-0.25, -0.2) is 0 Å². The van der Waals surface area contributed by atoms with Crippen molar-refractivity contribution in [3.8, 4) is 0 Å². The standard InChI is InChI=1S/C9H11NO2.C6H14N2O2.C5H9NO4.C5H11NO2S.C3H7NO3/c10-8(9(11)12)6-7-4-2-1-3-5-7;7-4-2-1-3-5(8)6(9)10;6-3(5(9)10)1-2-4(7)8;1-9-3-2-4(6)5(7)8;4-2(1-5)3(6)7/h1-5,8H,6,10H2,(H,11,12);5H,1-4,7-8H2,(H,9,10);3H,1-2,6H2,(H,7,8)(H,9,10);4H,2-3,6H2,1H3,(H,7,8);2,5H,1,4H2,(H,6,7). The third kappa shape index (κ3) is 36.6. The highest BCUT2D eigenvalue weighted by atomic mass is 32.2. The van der Waals surface area contributed by atoms with E-state index in [4.69, 9.17) is 70.1 Å². The van der Waals surface area contributed by atoms with Crippen LogP contribution in [0.15, 0.2) is 30.3 Å². The van der Waals surface area contributed by atoms with Crippen molar-refractivity contribution in [3.05, 3.63) is 35.9 Å². The van der Waals surface area contributed by atoms with Crippen LogP contribution in [0.1, 0.15) is 44.1 Å². The second-order valence-electron chi connectivity index (χ2n) is 9.59. The Morgan fingerprint density at radius 1 is 0.625 bits per heavy atom. The Bertz CT molecular complexity index is 1040. The summed E-state index contributed by atoms with van der Waals surface area (Å²) in [7, 11) is 0. The highest BCUT2D eigenvalue weighted by Gasteiger charge is 2.13. The Morgan fingerprint density at radius 2 is 1.04 bits per heavy atom. The first-order chi connectivity index (χ1) is 22.3. The molecule has 1 aromatic rings. The number of carboxylic acids is 6. The van der Waals surface area contributed by atoms with Gasteiger partial charge in [-0.2, -0.15) is 11.8 Å². The van der Waals surface area contributed by atoms with Gasteiger partial charge in [-0.3, -0.25) is 28.8 Å². The molecule has 0 aromatic heterocycles. The first-order valence-electron chi connectivity index (χ1n) is 14.3. The van der Waals surface area contributed by atoms with Crippen molar-refractivity contribution >= 4 is 47.6 Å². The fourth-order valence-corrected chi connectivity index (χ4v) is 2.93. The van der Waals surface area contributed by atoms with Gasteiger partial charge < -0.3 is 70.1 Å². The first kappa shape index (κ1) is 51.0. The molecule has 5 unspecified atom stereocenters. The summed E-state index contributed by atoms with van der Waals surface area (Å²) in [4.78, 5) is 60.1. The van der Waals surface area contributed by atoms with E-state index < -0.39 is 72.6 Å². The molecule has 0 aliphatic rings. The Balaban J connectivity index is -0.000000255. The smallest absolute Gasteiger partial charge is 0.322 e. The van der Waals surface area contributed by atoms with Gasteiger partial charge in [0.25, 0.3) is 0 Å². The lowest BCUT2D eigenvalue weighted by molar-refractivity contribution is -0.141. The number of unbranched alkanes of at least 4 members (excludes halogenated alkanes) is 1. The number of hydrogen-bond donors (Lipinski definition) is 13. The quantitative estimate of drug-likeness (QED) is 0.0730. The van der Waals surface area contributed by atoms with E-state index in [-0.39, 0.29) is 12.8 Å². The molecule has 20 heteroatoms. The number of carbonyl (C=O) groups is 6. The number of aliphatic carboxylic acids is 6. The summed E-state index contributed by atoms with van der Waals surface area (Å²) < 4.78 is 0. The van der Waals surface area contributed by atoms with Crippen LogP contribution in [-0.4, -0.2) is 127 Å². The normalized spacial score (nSPS) is 12.8. The van der Waals surface area contributed by atoms with Gasteiger partial charge >= 0.3 is 35.8 Å². The minimum atomic E-state index is -1.18. The first-order valence-corrected chi connectivity index (χ1v) is 15.7. The van der Waals surface area contributed by atoms with Gasteiger partial charge in [0.05, 0.1) is 6.61 Å². The fraction of sp³-hybridized carbons (Fsp3) is 0.571. The SMILES string of the molecule is CSCCC(N)C(=O)O.NC(CCC(=O)O)C(=O)O.NC(CO)C(=O)O.NC(Cc1ccccc1)C(=O)O.NCCCCC(N)C(=O)O. The van der Waals surface area contributed by atoms with Gasteiger partial charge in [0, 0.05) is 6.42 Å². The van der Waals surface area contributed by atoms with Gasteiger partial charge in [-0.05, 0) is 56.2 Å². The topological polar surface area (TPSA) is 400 Å². The predicted molar refractivity (Wildman–Crippen MR) is 178 cm³/mol. The van der Waals surface area contributed by atoms with Crippen LogP contribution in [-0.2, 0) is 35.2 Å². The molecule has 0 saturated heterocycles. The number of rotatable bonds is 18. The number of nitrogens with two attached hydrogens (primary N) is 6. The molecule has 0 radical (unpaired) electrons. The summed E-state index contributed by atoms with van der Waals surface area (Å²) in [5, 5.41) is 57.3. The number of aliphatic hydroxyl groups excluding tert-OH is 1. The van der Waals surface area contributed by atoms with E-state index in [1.165, 1.54) is 0 Å². The van der Waals surface area contributed by atoms with Crippen molar-refractivity contribution < 1.29 is 64.5 Å². The molecule has 0 amide bonds. The van der Waals surface area contributed by atoms with E-state index in [0.717, 1.165) is 24.2 Å². The summed E-state index contributed by atoms with van der Waals surface area (Å²) in [6, 6.07) is 4.96. The maximum absolute atomic E-state index is 10.4. The van der Waals surface area contributed by atoms with Crippen LogP contribution in [0.5, 0.6) is 0 Å². The average molecular weight is 713 g/mol. The Labute approximate surface area is 282 Å². The zero-order valence-electron chi connectivity index (χ0n) is 26.8. The summed E-state index contributed by atoms with van der Waals surface area (Å²) in [5.41, 5.74) is 31.7. The van der Waals surface area contributed by atoms with E-state index in [2.05, 4.69) is 0 Å². The number of thioether (sulfide) groups is 1. The second-order valence-corrected chi connectivity index (χ2v) is 10.6. The summed E-state index contributed by atoms with van der Waals surface area (Å²) in [6.07, 6.45) is 4.80. The van der Waals surface area contributed by atoms with Crippen LogP contribution in [0.3, 0.4) is 0 Å². The molecule has 0 fully saturated rings. The molecule has 19 nitrogen and oxygen atoms in total. The van der Waals surface area contributed by atoms with E-state index in [1.807, 2.05) is 36.6 Å². The molecular weight excluding hydrogens is 660 g/mol. The maximum Gasteiger partial charge on any atom is 0.322 e. The van der Waals surface area contributed by atoms with Crippen LogP contribution in [0, 0.1) is 0 Å². The molecule has 0 bridgehead atoms. The van der Waals surface area contributed by atoms with Gasteiger partial charge in [-0.15, -0.1) is 0 Å². The Kier molecular flexibility index (Phi) is 35.1. The lowest BCUT2D eigenvalue weighted by Crippen LogP contribution is -2.33. The van der Waals surface area contributed by atoms with Crippen LogP contribution in [0.4, 0.5) is 0 Å². The average Bonchev–Trinajstić information content (AvgIpc) is 3.03.